The first-order valence-corrected chi connectivity index (χ1v) is 8.76. The van der Waals surface area contributed by atoms with Gasteiger partial charge in [0.2, 0.25) is 5.91 Å². The molecule has 1 N–H and O–H groups in total. The third-order valence-electron chi connectivity index (χ3n) is 5.95. The molecule has 2 aliphatic heterocycles. The molecular formula is C17H31ClN2O. The molecule has 4 unspecified atom stereocenters. The van der Waals surface area contributed by atoms with Crippen molar-refractivity contribution < 1.29 is 4.79 Å². The van der Waals surface area contributed by atoms with Crippen molar-refractivity contribution in [3.8, 4) is 0 Å². The monoisotopic (exact) mass is 314 g/mol. The number of hydrogen-bond acceptors (Lipinski definition) is 2. The average molecular weight is 315 g/mol. The van der Waals surface area contributed by atoms with Crippen LogP contribution >= 0.6 is 12.4 Å². The number of nitrogens with zero attached hydrogens (tertiary/aromatic N) is 1. The number of nitrogens with one attached hydrogen (secondary N) is 1. The summed E-state index contributed by atoms with van der Waals surface area (Å²) >= 11 is 0. The van der Waals surface area contributed by atoms with Crippen LogP contribution in [0, 0.1) is 17.8 Å². The fourth-order valence-corrected chi connectivity index (χ4v) is 4.69. The van der Waals surface area contributed by atoms with Gasteiger partial charge in [0.25, 0.3) is 0 Å². The van der Waals surface area contributed by atoms with Crippen LogP contribution in [0.3, 0.4) is 0 Å². The maximum atomic E-state index is 12.7. The first-order chi connectivity index (χ1) is 9.75. The third-order valence-corrected chi connectivity index (χ3v) is 5.95. The molecule has 1 saturated carbocycles. The molecular weight excluding hydrogens is 284 g/mol. The Kier molecular flexibility index (Phi) is 6.36. The van der Waals surface area contributed by atoms with E-state index in [0.717, 1.165) is 32.0 Å². The molecule has 3 aliphatic rings. The fourth-order valence-electron chi connectivity index (χ4n) is 4.69. The molecule has 21 heavy (non-hydrogen) atoms. The molecule has 0 aromatic carbocycles. The van der Waals surface area contributed by atoms with Gasteiger partial charge < -0.3 is 10.2 Å². The van der Waals surface area contributed by atoms with E-state index in [4.69, 9.17) is 0 Å². The van der Waals surface area contributed by atoms with Crippen molar-refractivity contribution in [2.24, 2.45) is 17.8 Å². The van der Waals surface area contributed by atoms with Crippen molar-refractivity contribution in [3.63, 3.8) is 0 Å². The standard InChI is InChI=1S/C17H30N2O.ClH/c1-13(15-6-3-9-18-12-15)11-17(20)19-10-4-7-14-5-2-8-16(14)19;/h13-16,18H,2-12H2,1H3;1H. The van der Waals surface area contributed by atoms with E-state index < -0.39 is 0 Å². The molecule has 4 atom stereocenters. The second-order valence-electron chi connectivity index (χ2n) is 7.28. The van der Waals surface area contributed by atoms with Gasteiger partial charge in [-0.1, -0.05) is 13.3 Å². The summed E-state index contributed by atoms with van der Waals surface area (Å²) in [6.07, 6.45) is 9.89. The zero-order valence-corrected chi connectivity index (χ0v) is 14.2. The normalized spacial score (nSPS) is 34.0. The van der Waals surface area contributed by atoms with Gasteiger partial charge in [-0.2, -0.15) is 0 Å². The smallest absolute Gasteiger partial charge is 0.223 e. The lowest BCUT2D eigenvalue weighted by atomic mass is 9.84. The van der Waals surface area contributed by atoms with E-state index in [2.05, 4.69) is 17.1 Å². The number of fused-ring (bicyclic) bond motifs is 1. The van der Waals surface area contributed by atoms with E-state index in [1.54, 1.807) is 0 Å². The number of piperidine rings is 2. The highest BCUT2D eigenvalue weighted by Crippen LogP contribution is 2.37. The maximum absolute atomic E-state index is 12.7. The number of hydrogen-bond donors (Lipinski definition) is 1. The molecule has 4 heteroatoms. The van der Waals surface area contributed by atoms with Gasteiger partial charge >= 0.3 is 0 Å². The Hall–Kier alpha value is -0.280. The van der Waals surface area contributed by atoms with Crippen LogP contribution in [-0.4, -0.2) is 36.5 Å². The van der Waals surface area contributed by atoms with E-state index in [1.165, 1.54) is 44.9 Å². The van der Waals surface area contributed by atoms with Gasteiger partial charge in [-0.3, -0.25) is 4.79 Å². The van der Waals surface area contributed by atoms with Gasteiger partial charge in [0, 0.05) is 19.0 Å². The van der Waals surface area contributed by atoms with Crippen LogP contribution in [0.2, 0.25) is 0 Å². The van der Waals surface area contributed by atoms with Crippen molar-refractivity contribution in [1.82, 2.24) is 10.2 Å². The zero-order valence-electron chi connectivity index (χ0n) is 13.4. The summed E-state index contributed by atoms with van der Waals surface area (Å²) in [5.74, 6) is 2.51. The molecule has 2 heterocycles. The first kappa shape index (κ1) is 17.1. The molecule has 0 radical (unpaired) electrons. The fraction of sp³-hybridized carbons (Fsp3) is 0.941. The predicted molar refractivity (Wildman–Crippen MR) is 88.7 cm³/mol. The summed E-state index contributed by atoms with van der Waals surface area (Å²) in [5.41, 5.74) is 0. The highest BCUT2D eigenvalue weighted by Gasteiger charge is 2.37. The minimum Gasteiger partial charge on any atom is -0.339 e. The van der Waals surface area contributed by atoms with Gasteiger partial charge in [-0.25, -0.2) is 0 Å². The average Bonchev–Trinajstić information content (AvgIpc) is 2.96. The zero-order chi connectivity index (χ0) is 13.9. The third kappa shape index (κ3) is 3.92. The lowest BCUT2D eigenvalue weighted by molar-refractivity contribution is -0.137. The maximum Gasteiger partial charge on any atom is 0.223 e. The Morgan fingerprint density at radius 1 is 1.19 bits per heavy atom. The Morgan fingerprint density at radius 3 is 2.76 bits per heavy atom. The van der Waals surface area contributed by atoms with E-state index in [1.807, 2.05) is 0 Å². The van der Waals surface area contributed by atoms with Crippen LogP contribution in [0.4, 0.5) is 0 Å². The molecule has 3 rings (SSSR count). The summed E-state index contributed by atoms with van der Waals surface area (Å²) in [7, 11) is 0. The van der Waals surface area contributed by atoms with Crippen molar-refractivity contribution in [1.29, 1.82) is 0 Å². The second-order valence-corrected chi connectivity index (χ2v) is 7.28. The Balaban J connectivity index is 0.00000161. The highest BCUT2D eigenvalue weighted by molar-refractivity contribution is 5.85. The topological polar surface area (TPSA) is 32.3 Å². The molecule has 3 fully saturated rings. The quantitative estimate of drug-likeness (QED) is 0.867. The number of likely N-dealkylation sites (tertiary alicyclic amines) is 1. The highest BCUT2D eigenvalue weighted by atomic mass is 35.5. The molecule has 1 aliphatic carbocycles. The Morgan fingerprint density at radius 2 is 2.00 bits per heavy atom. The first-order valence-electron chi connectivity index (χ1n) is 8.76. The van der Waals surface area contributed by atoms with Crippen LogP contribution in [0.1, 0.15) is 58.3 Å². The summed E-state index contributed by atoms with van der Waals surface area (Å²) in [6.45, 7) is 5.58. The molecule has 122 valence electrons. The number of halogens is 1. The molecule has 0 aromatic rings. The van der Waals surface area contributed by atoms with Crippen LogP contribution in [0.5, 0.6) is 0 Å². The molecule has 0 spiro atoms. The minimum atomic E-state index is 0. The molecule has 0 bridgehead atoms. The summed E-state index contributed by atoms with van der Waals surface area (Å²) in [4.78, 5) is 15.0. The summed E-state index contributed by atoms with van der Waals surface area (Å²) in [5, 5.41) is 3.48. The molecule has 2 saturated heterocycles. The van der Waals surface area contributed by atoms with Gasteiger partial charge in [-0.15, -0.1) is 12.4 Å². The largest absolute Gasteiger partial charge is 0.339 e. The molecule has 0 aromatic heterocycles. The van der Waals surface area contributed by atoms with Crippen molar-refractivity contribution in [3.05, 3.63) is 0 Å². The van der Waals surface area contributed by atoms with Crippen LogP contribution < -0.4 is 5.32 Å². The van der Waals surface area contributed by atoms with Gasteiger partial charge in [-0.05, 0) is 69.4 Å². The SMILES string of the molecule is CC(CC(=O)N1CCCC2CCCC21)C1CCCNC1.Cl. The second kappa shape index (κ2) is 7.82. The van der Waals surface area contributed by atoms with Crippen LogP contribution in [0.25, 0.3) is 0 Å². The molecule has 1 amide bonds. The van der Waals surface area contributed by atoms with Crippen molar-refractivity contribution >= 4 is 18.3 Å². The lowest BCUT2D eigenvalue weighted by Gasteiger charge is -2.39. The van der Waals surface area contributed by atoms with Gasteiger partial charge in [0.05, 0.1) is 0 Å². The van der Waals surface area contributed by atoms with E-state index in [0.29, 0.717) is 23.8 Å². The molecule has 3 nitrogen and oxygen atoms in total. The van der Waals surface area contributed by atoms with Crippen LogP contribution in [0.15, 0.2) is 0 Å². The summed E-state index contributed by atoms with van der Waals surface area (Å²) < 4.78 is 0. The number of carbonyl (C=O) groups is 1. The number of carbonyl (C=O) groups excluding carboxylic acids is 1. The number of amides is 1. The minimum absolute atomic E-state index is 0. The van der Waals surface area contributed by atoms with Gasteiger partial charge in [0.1, 0.15) is 0 Å². The van der Waals surface area contributed by atoms with Crippen molar-refractivity contribution in [2.75, 3.05) is 19.6 Å². The van der Waals surface area contributed by atoms with Crippen molar-refractivity contribution in [2.45, 2.75) is 64.3 Å². The Labute approximate surface area is 135 Å². The van der Waals surface area contributed by atoms with E-state index in [-0.39, 0.29) is 12.4 Å². The van der Waals surface area contributed by atoms with E-state index in [9.17, 15) is 4.79 Å². The van der Waals surface area contributed by atoms with Gasteiger partial charge in [0.15, 0.2) is 0 Å². The number of rotatable bonds is 3. The van der Waals surface area contributed by atoms with Crippen LogP contribution in [-0.2, 0) is 4.79 Å². The predicted octanol–water partition coefficient (Wildman–Crippen LogP) is 3.23. The van der Waals surface area contributed by atoms with E-state index >= 15 is 0 Å². The lowest BCUT2D eigenvalue weighted by Crippen LogP contribution is -2.47. The summed E-state index contributed by atoms with van der Waals surface area (Å²) in [6, 6.07) is 0.591. The Bertz CT molecular complexity index is 344.